The van der Waals surface area contributed by atoms with E-state index in [9.17, 15) is 4.79 Å². The second-order valence-corrected chi connectivity index (χ2v) is 5.83. The zero-order chi connectivity index (χ0) is 15.2. The fourth-order valence-electron chi connectivity index (χ4n) is 2.64. The molecule has 0 saturated carbocycles. The van der Waals surface area contributed by atoms with Gasteiger partial charge in [0.1, 0.15) is 5.75 Å². The van der Waals surface area contributed by atoms with Gasteiger partial charge in [0.15, 0.2) is 6.61 Å². The lowest BCUT2D eigenvalue weighted by molar-refractivity contribution is -0.132. The van der Waals surface area contributed by atoms with Gasteiger partial charge in [-0.05, 0) is 43.6 Å². The Kier molecular flexibility index (Phi) is 5.59. The molecule has 1 aliphatic heterocycles. The summed E-state index contributed by atoms with van der Waals surface area (Å²) in [4.78, 5) is 16.2. The number of hydrogen-bond donors (Lipinski definition) is 1. The molecule has 21 heavy (non-hydrogen) atoms. The molecule has 1 atom stereocenters. The zero-order valence-electron chi connectivity index (χ0n) is 12.9. The molecule has 2 rings (SSSR count). The quantitative estimate of drug-likeness (QED) is 0.847. The van der Waals surface area contributed by atoms with E-state index in [0.29, 0.717) is 18.2 Å². The molecule has 0 spiro atoms. The van der Waals surface area contributed by atoms with Crippen molar-refractivity contribution in [2.45, 2.75) is 13.0 Å². The van der Waals surface area contributed by atoms with Crippen LogP contribution in [0.1, 0.15) is 12.0 Å². The van der Waals surface area contributed by atoms with Crippen molar-refractivity contribution >= 4 is 5.91 Å². The van der Waals surface area contributed by atoms with Crippen LogP contribution in [0.5, 0.6) is 5.75 Å². The van der Waals surface area contributed by atoms with Crippen LogP contribution >= 0.6 is 0 Å². The molecule has 1 saturated heterocycles. The van der Waals surface area contributed by atoms with Crippen molar-refractivity contribution in [3.8, 4) is 5.75 Å². The maximum atomic E-state index is 12.1. The Morgan fingerprint density at radius 3 is 2.71 bits per heavy atom. The molecule has 1 fully saturated rings. The molecule has 0 radical (unpaired) electrons. The van der Waals surface area contributed by atoms with Crippen molar-refractivity contribution in [2.24, 2.45) is 11.7 Å². The lowest BCUT2D eigenvalue weighted by Gasteiger charge is -2.21. The monoisotopic (exact) mass is 291 g/mol. The fourth-order valence-corrected chi connectivity index (χ4v) is 2.64. The molecule has 0 aromatic heterocycles. The molecule has 116 valence electrons. The SMILES string of the molecule is CN1CCC(CN(C)C(=O)COc2ccc(CN)cc2)C1. The molecule has 2 N–H and O–H groups in total. The normalized spacial score (nSPS) is 18.7. The van der Waals surface area contributed by atoms with Gasteiger partial charge in [0.05, 0.1) is 0 Å². The van der Waals surface area contributed by atoms with E-state index in [0.717, 1.165) is 31.6 Å². The summed E-state index contributed by atoms with van der Waals surface area (Å²) in [5.41, 5.74) is 6.60. The minimum atomic E-state index is 0.0208. The summed E-state index contributed by atoms with van der Waals surface area (Å²) < 4.78 is 5.53. The molecular weight excluding hydrogens is 266 g/mol. The molecule has 1 unspecified atom stereocenters. The number of rotatable bonds is 6. The van der Waals surface area contributed by atoms with Crippen LogP contribution in [0.15, 0.2) is 24.3 Å². The van der Waals surface area contributed by atoms with Crippen LogP contribution in [0.2, 0.25) is 0 Å². The van der Waals surface area contributed by atoms with Gasteiger partial charge in [-0.3, -0.25) is 4.79 Å². The average Bonchev–Trinajstić information content (AvgIpc) is 2.90. The standard InChI is InChI=1S/C16H25N3O2/c1-18-8-7-14(10-18)11-19(2)16(20)12-21-15-5-3-13(9-17)4-6-15/h3-6,14H,7-12,17H2,1-2H3. The van der Waals surface area contributed by atoms with Gasteiger partial charge in [-0.25, -0.2) is 0 Å². The topological polar surface area (TPSA) is 58.8 Å². The highest BCUT2D eigenvalue weighted by molar-refractivity contribution is 5.77. The summed E-state index contributed by atoms with van der Waals surface area (Å²) in [5.74, 6) is 1.30. The molecule has 1 aliphatic rings. The van der Waals surface area contributed by atoms with Crippen molar-refractivity contribution in [1.29, 1.82) is 0 Å². The molecule has 5 nitrogen and oxygen atoms in total. The van der Waals surface area contributed by atoms with Crippen LogP contribution in [0.25, 0.3) is 0 Å². The summed E-state index contributed by atoms with van der Waals surface area (Å²) in [5, 5.41) is 0. The van der Waals surface area contributed by atoms with Crippen molar-refractivity contribution in [3.05, 3.63) is 29.8 Å². The van der Waals surface area contributed by atoms with Crippen molar-refractivity contribution < 1.29 is 9.53 Å². The maximum absolute atomic E-state index is 12.1. The number of hydrogen-bond acceptors (Lipinski definition) is 4. The number of nitrogens with two attached hydrogens (primary N) is 1. The summed E-state index contributed by atoms with van der Waals surface area (Å²) in [6.45, 7) is 3.59. The average molecular weight is 291 g/mol. The first kappa shape index (κ1) is 15.8. The van der Waals surface area contributed by atoms with Gasteiger partial charge in [0.25, 0.3) is 5.91 Å². The van der Waals surface area contributed by atoms with Gasteiger partial charge in [-0.15, -0.1) is 0 Å². The molecule has 1 amide bonds. The third kappa shape index (κ3) is 4.72. The van der Waals surface area contributed by atoms with Crippen LogP contribution in [0.3, 0.4) is 0 Å². The van der Waals surface area contributed by atoms with Gasteiger partial charge in [0, 0.05) is 26.7 Å². The van der Waals surface area contributed by atoms with Crippen molar-refractivity contribution in [3.63, 3.8) is 0 Å². The van der Waals surface area contributed by atoms with E-state index >= 15 is 0 Å². The Bertz CT molecular complexity index is 461. The molecule has 1 heterocycles. The van der Waals surface area contributed by atoms with E-state index < -0.39 is 0 Å². The minimum absolute atomic E-state index is 0.0208. The first-order chi connectivity index (χ1) is 10.1. The van der Waals surface area contributed by atoms with E-state index in [4.69, 9.17) is 10.5 Å². The van der Waals surface area contributed by atoms with E-state index in [2.05, 4.69) is 11.9 Å². The number of likely N-dealkylation sites (N-methyl/N-ethyl adjacent to an activating group) is 1. The van der Waals surface area contributed by atoms with E-state index in [1.54, 1.807) is 4.90 Å². The second kappa shape index (κ2) is 7.43. The molecule has 1 aromatic rings. The Labute approximate surface area is 126 Å². The Morgan fingerprint density at radius 1 is 1.43 bits per heavy atom. The van der Waals surface area contributed by atoms with E-state index in [1.165, 1.54) is 0 Å². The summed E-state index contributed by atoms with van der Waals surface area (Å²) in [6, 6.07) is 7.53. The van der Waals surface area contributed by atoms with Crippen LogP contribution in [0.4, 0.5) is 0 Å². The highest BCUT2D eigenvalue weighted by Gasteiger charge is 2.22. The Hall–Kier alpha value is -1.59. The highest BCUT2D eigenvalue weighted by Crippen LogP contribution is 2.15. The number of carbonyl (C=O) groups excluding carboxylic acids is 1. The van der Waals surface area contributed by atoms with Crippen molar-refractivity contribution in [1.82, 2.24) is 9.80 Å². The Morgan fingerprint density at radius 2 is 2.14 bits per heavy atom. The number of ether oxygens (including phenoxy) is 1. The lowest BCUT2D eigenvalue weighted by atomic mass is 10.1. The first-order valence-corrected chi connectivity index (χ1v) is 7.43. The van der Waals surface area contributed by atoms with Gasteiger partial charge in [-0.1, -0.05) is 12.1 Å². The highest BCUT2D eigenvalue weighted by atomic mass is 16.5. The largest absolute Gasteiger partial charge is 0.484 e. The second-order valence-electron chi connectivity index (χ2n) is 5.83. The number of carbonyl (C=O) groups is 1. The minimum Gasteiger partial charge on any atom is -0.484 e. The molecular formula is C16H25N3O2. The van der Waals surface area contributed by atoms with E-state index in [1.807, 2.05) is 31.3 Å². The molecule has 0 bridgehead atoms. The van der Waals surface area contributed by atoms with E-state index in [-0.39, 0.29) is 12.5 Å². The maximum Gasteiger partial charge on any atom is 0.260 e. The number of benzene rings is 1. The summed E-state index contributed by atoms with van der Waals surface area (Å²) >= 11 is 0. The lowest BCUT2D eigenvalue weighted by Crippen LogP contribution is -2.36. The number of nitrogens with zero attached hydrogens (tertiary/aromatic N) is 2. The van der Waals surface area contributed by atoms with Gasteiger partial charge in [-0.2, -0.15) is 0 Å². The van der Waals surface area contributed by atoms with Gasteiger partial charge >= 0.3 is 0 Å². The zero-order valence-corrected chi connectivity index (χ0v) is 12.9. The smallest absolute Gasteiger partial charge is 0.260 e. The predicted octanol–water partition coefficient (Wildman–Crippen LogP) is 0.934. The fraction of sp³-hybridized carbons (Fsp3) is 0.562. The number of amides is 1. The first-order valence-electron chi connectivity index (χ1n) is 7.43. The third-order valence-electron chi connectivity index (χ3n) is 3.97. The van der Waals surface area contributed by atoms with Crippen LogP contribution in [0, 0.1) is 5.92 Å². The summed E-state index contributed by atoms with van der Waals surface area (Å²) in [7, 11) is 3.97. The molecule has 0 aliphatic carbocycles. The van der Waals surface area contributed by atoms with Crippen LogP contribution in [-0.2, 0) is 11.3 Å². The van der Waals surface area contributed by atoms with Crippen LogP contribution in [-0.4, -0.2) is 56.0 Å². The van der Waals surface area contributed by atoms with Crippen molar-refractivity contribution in [2.75, 3.05) is 40.3 Å². The molecule has 5 heteroatoms. The number of likely N-dealkylation sites (tertiary alicyclic amines) is 1. The van der Waals surface area contributed by atoms with Gasteiger partial charge < -0.3 is 20.3 Å². The third-order valence-corrected chi connectivity index (χ3v) is 3.97. The summed E-state index contributed by atoms with van der Waals surface area (Å²) in [6.07, 6.45) is 1.16. The molecule has 1 aromatic carbocycles. The van der Waals surface area contributed by atoms with Crippen LogP contribution < -0.4 is 10.5 Å². The Balaban J connectivity index is 1.75. The predicted molar refractivity (Wildman–Crippen MR) is 83.1 cm³/mol. The van der Waals surface area contributed by atoms with Gasteiger partial charge in [0.2, 0.25) is 0 Å².